The lowest BCUT2D eigenvalue weighted by Crippen LogP contribution is -2.53. The van der Waals surface area contributed by atoms with Crippen molar-refractivity contribution in [2.45, 2.75) is 44.4 Å². The van der Waals surface area contributed by atoms with Crippen molar-refractivity contribution in [1.29, 1.82) is 0 Å². The van der Waals surface area contributed by atoms with E-state index in [0.29, 0.717) is 6.04 Å². The summed E-state index contributed by atoms with van der Waals surface area (Å²) in [6, 6.07) is 0.715. The van der Waals surface area contributed by atoms with Crippen LogP contribution in [0.15, 0.2) is 5.38 Å². The number of thiazole rings is 1. The number of aryl methyl sites for hydroxylation is 1. The second-order valence-electron chi connectivity index (χ2n) is 5.41. The van der Waals surface area contributed by atoms with Gasteiger partial charge in [0.25, 0.3) is 0 Å². The Kier molecular flexibility index (Phi) is 3.66. The van der Waals surface area contributed by atoms with Crippen LogP contribution < -0.4 is 5.73 Å². The molecule has 2 fully saturated rings. The molecule has 2 saturated heterocycles. The quantitative estimate of drug-likeness (QED) is 0.893. The third-order valence-electron chi connectivity index (χ3n) is 3.97. The minimum absolute atomic E-state index is 0.0668. The molecule has 0 radical (unpaired) electrons. The van der Waals surface area contributed by atoms with Crippen LogP contribution in [0.1, 0.15) is 23.5 Å². The fraction of sp³-hybridized carbons (Fsp3) is 0.769. The Labute approximate surface area is 112 Å². The van der Waals surface area contributed by atoms with Gasteiger partial charge in [0, 0.05) is 36.1 Å². The molecular formula is C13H21N3OS. The van der Waals surface area contributed by atoms with Gasteiger partial charge in [-0.15, -0.1) is 11.3 Å². The predicted octanol–water partition coefficient (Wildman–Crippen LogP) is 1.18. The lowest BCUT2D eigenvalue weighted by atomic mass is 10.1. The van der Waals surface area contributed by atoms with E-state index in [9.17, 15) is 0 Å². The number of rotatable bonds is 3. The van der Waals surface area contributed by atoms with Crippen LogP contribution in [-0.4, -0.2) is 47.8 Å². The van der Waals surface area contributed by atoms with Gasteiger partial charge in [-0.05, 0) is 26.3 Å². The molecule has 2 aliphatic rings. The summed E-state index contributed by atoms with van der Waals surface area (Å²) in [6.07, 6.45) is 3.60. The van der Waals surface area contributed by atoms with Crippen LogP contribution >= 0.6 is 11.3 Å². The zero-order valence-corrected chi connectivity index (χ0v) is 11.7. The molecule has 18 heavy (non-hydrogen) atoms. The van der Waals surface area contributed by atoms with Crippen LogP contribution in [0.3, 0.4) is 0 Å². The van der Waals surface area contributed by atoms with Crippen molar-refractivity contribution in [3.05, 3.63) is 16.1 Å². The predicted molar refractivity (Wildman–Crippen MR) is 72.9 cm³/mol. The van der Waals surface area contributed by atoms with E-state index in [2.05, 4.69) is 15.3 Å². The number of fused-ring (bicyclic) bond motifs is 1. The van der Waals surface area contributed by atoms with Crippen molar-refractivity contribution in [3.63, 3.8) is 0 Å². The molecule has 3 rings (SSSR count). The molecular weight excluding hydrogens is 246 g/mol. The Hall–Kier alpha value is -0.490. The van der Waals surface area contributed by atoms with Crippen LogP contribution in [-0.2, 0) is 11.2 Å². The molecule has 1 aromatic heterocycles. The van der Waals surface area contributed by atoms with Crippen molar-refractivity contribution < 1.29 is 4.74 Å². The van der Waals surface area contributed by atoms with Crippen LogP contribution in [0.2, 0.25) is 0 Å². The summed E-state index contributed by atoms with van der Waals surface area (Å²) in [4.78, 5) is 7.02. The van der Waals surface area contributed by atoms with E-state index in [1.165, 1.54) is 19.4 Å². The summed E-state index contributed by atoms with van der Waals surface area (Å²) in [5.41, 5.74) is 7.38. The first-order chi connectivity index (χ1) is 8.72. The van der Waals surface area contributed by atoms with Crippen molar-refractivity contribution in [3.8, 4) is 0 Å². The van der Waals surface area contributed by atoms with Gasteiger partial charge in [-0.2, -0.15) is 0 Å². The maximum absolute atomic E-state index is 6.29. The molecule has 0 aromatic carbocycles. The standard InChI is InChI=1S/C13H21N3OS/c1-9-8-18-13(15-9)5-11(14)12-6-16-4-2-3-10(16)7-17-12/h8,10-12H,2-7,14H2,1H3. The molecule has 100 valence electrons. The molecule has 3 unspecified atom stereocenters. The van der Waals surface area contributed by atoms with E-state index < -0.39 is 0 Å². The fourth-order valence-electron chi connectivity index (χ4n) is 2.93. The van der Waals surface area contributed by atoms with E-state index in [1.54, 1.807) is 11.3 Å². The van der Waals surface area contributed by atoms with Crippen LogP contribution in [0.5, 0.6) is 0 Å². The maximum atomic E-state index is 6.29. The fourth-order valence-corrected chi connectivity index (χ4v) is 3.78. The second-order valence-corrected chi connectivity index (χ2v) is 6.36. The number of hydrogen-bond donors (Lipinski definition) is 1. The molecule has 5 heteroatoms. The average Bonchev–Trinajstić information content (AvgIpc) is 2.96. The summed E-state index contributed by atoms with van der Waals surface area (Å²) < 4.78 is 5.94. The van der Waals surface area contributed by atoms with Gasteiger partial charge in [-0.1, -0.05) is 0 Å². The highest BCUT2D eigenvalue weighted by Gasteiger charge is 2.34. The Balaban J connectivity index is 1.57. The number of aromatic nitrogens is 1. The summed E-state index contributed by atoms with van der Waals surface area (Å²) in [5.74, 6) is 0. The van der Waals surface area contributed by atoms with E-state index in [-0.39, 0.29) is 12.1 Å². The molecule has 0 spiro atoms. The summed E-state index contributed by atoms with van der Waals surface area (Å²) in [7, 11) is 0. The lowest BCUT2D eigenvalue weighted by Gasteiger charge is -2.37. The normalized spacial score (nSPS) is 30.3. The number of hydrogen-bond acceptors (Lipinski definition) is 5. The van der Waals surface area contributed by atoms with Gasteiger partial charge < -0.3 is 10.5 Å². The van der Waals surface area contributed by atoms with E-state index in [4.69, 9.17) is 10.5 Å². The number of nitrogens with zero attached hydrogens (tertiary/aromatic N) is 2. The third kappa shape index (κ3) is 2.59. The van der Waals surface area contributed by atoms with Crippen molar-refractivity contribution in [1.82, 2.24) is 9.88 Å². The van der Waals surface area contributed by atoms with E-state index in [0.717, 1.165) is 30.3 Å². The Morgan fingerprint density at radius 2 is 2.56 bits per heavy atom. The maximum Gasteiger partial charge on any atom is 0.0944 e. The molecule has 4 nitrogen and oxygen atoms in total. The summed E-state index contributed by atoms with van der Waals surface area (Å²) in [5, 5.41) is 3.22. The van der Waals surface area contributed by atoms with E-state index in [1.807, 2.05) is 6.92 Å². The van der Waals surface area contributed by atoms with Crippen molar-refractivity contribution in [2.75, 3.05) is 19.7 Å². The third-order valence-corrected chi connectivity index (χ3v) is 4.96. The van der Waals surface area contributed by atoms with Gasteiger partial charge in [0.1, 0.15) is 0 Å². The van der Waals surface area contributed by atoms with Gasteiger partial charge in [-0.3, -0.25) is 4.90 Å². The molecule has 3 atom stereocenters. The topological polar surface area (TPSA) is 51.4 Å². The minimum atomic E-state index is 0.0668. The molecule has 0 saturated carbocycles. The Morgan fingerprint density at radius 3 is 3.33 bits per heavy atom. The number of ether oxygens (including phenoxy) is 1. The van der Waals surface area contributed by atoms with Crippen molar-refractivity contribution >= 4 is 11.3 Å². The first-order valence-electron chi connectivity index (χ1n) is 6.74. The van der Waals surface area contributed by atoms with Crippen LogP contribution in [0.4, 0.5) is 0 Å². The Morgan fingerprint density at radius 1 is 1.67 bits per heavy atom. The van der Waals surface area contributed by atoms with E-state index >= 15 is 0 Å². The molecule has 2 aliphatic heterocycles. The highest BCUT2D eigenvalue weighted by atomic mass is 32.1. The minimum Gasteiger partial charge on any atom is -0.374 e. The summed E-state index contributed by atoms with van der Waals surface area (Å²) >= 11 is 1.70. The van der Waals surface area contributed by atoms with Gasteiger partial charge >= 0.3 is 0 Å². The smallest absolute Gasteiger partial charge is 0.0944 e. The molecule has 1 aromatic rings. The van der Waals surface area contributed by atoms with Gasteiger partial charge in [0.05, 0.1) is 17.7 Å². The molecule has 0 aliphatic carbocycles. The average molecular weight is 267 g/mol. The largest absolute Gasteiger partial charge is 0.374 e. The molecule has 3 heterocycles. The zero-order valence-electron chi connectivity index (χ0n) is 10.8. The molecule has 0 amide bonds. The SMILES string of the molecule is Cc1csc(CC(N)C2CN3CCCC3CO2)n1. The molecule has 0 bridgehead atoms. The monoisotopic (exact) mass is 267 g/mol. The molecule has 2 N–H and O–H groups in total. The highest BCUT2D eigenvalue weighted by molar-refractivity contribution is 7.09. The lowest BCUT2D eigenvalue weighted by molar-refractivity contribution is -0.0589. The second kappa shape index (κ2) is 5.25. The van der Waals surface area contributed by atoms with Gasteiger partial charge in [0.15, 0.2) is 0 Å². The van der Waals surface area contributed by atoms with Crippen LogP contribution in [0.25, 0.3) is 0 Å². The van der Waals surface area contributed by atoms with Gasteiger partial charge in [0.2, 0.25) is 0 Å². The zero-order chi connectivity index (χ0) is 12.5. The Bertz CT molecular complexity index is 409. The first-order valence-corrected chi connectivity index (χ1v) is 7.62. The number of morpholine rings is 1. The number of nitrogens with two attached hydrogens (primary N) is 1. The van der Waals surface area contributed by atoms with Crippen LogP contribution in [0, 0.1) is 6.92 Å². The van der Waals surface area contributed by atoms with Crippen molar-refractivity contribution in [2.24, 2.45) is 5.73 Å². The first kappa shape index (κ1) is 12.5. The van der Waals surface area contributed by atoms with Gasteiger partial charge in [-0.25, -0.2) is 4.98 Å². The highest BCUT2D eigenvalue weighted by Crippen LogP contribution is 2.24. The summed E-state index contributed by atoms with van der Waals surface area (Å²) in [6.45, 7) is 5.09.